The molecule has 0 aliphatic heterocycles. The van der Waals surface area contributed by atoms with E-state index in [1.165, 1.54) is 11.8 Å². The molecule has 2 rings (SSSR count). The van der Waals surface area contributed by atoms with Crippen LogP contribution in [0, 0.1) is 6.92 Å². The Morgan fingerprint density at radius 2 is 1.93 bits per heavy atom. The van der Waals surface area contributed by atoms with Crippen LogP contribution in [0.4, 0.5) is 5.69 Å². The van der Waals surface area contributed by atoms with E-state index in [1.807, 2.05) is 32.0 Å². The quantitative estimate of drug-likeness (QED) is 0.458. The lowest BCUT2D eigenvalue weighted by Crippen LogP contribution is -2.24. The molecule has 2 aromatic carbocycles. The number of hydrogen-bond donors (Lipinski definition) is 2. The average molecular weight is 465 g/mol. The molecular weight excluding hydrogens is 444 g/mol. The van der Waals surface area contributed by atoms with E-state index >= 15 is 0 Å². The van der Waals surface area contributed by atoms with Crippen molar-refractivity contribution in [1.82, 2.24) is 5.32 Å². The van der Waals surface area contributed by atoms with Crippen molar-refractivity contribution in [3.63, 3.8) is 0 Å². The summed E-state index contributed by atoms with van der Waals surface area (Å²) in [4.78, 5) is 36.7. The molecule has 6 nitrogen and oxygen atoms in total. The van der Waals surface area contributed by atoms with Gasteiger partial charge < -0.3 is 15.4 Å². The number of hydrogen-bond acceptors (Lipinski definition) is 5. The Balaban J connectivity index is 1.79. The third kappa shape index (κ3) is 7.01. The van der Waals surface area contributed by atoms with Crippen molar-refractivity contribution in [2.45, 2.75) is 18.7 Å². The Bertz CT molecular complexity index is 873. The monoisotopic (exact) mass is 464 g/mol. The zero-order chi connectivity index (χ0) is 20.5. The van der Waals surface area contributed by atoms with Crippen LogP contribution in [0.2, 0.25) is 0 Å². The molecule has 148 valence electrons. The van der Waals surface area contributed by atoms with Crippen LogP contribution >= 0.6 is 27.7 Å². The minimum Gasteiger partial charge on any atom is -0.455 e. The number of thioether (sulfide) groups is 1. The molecule has 8 heteroatoms. The fourth-order valence-corrected chi connectivity index (χ4v) is 3.58. The van der Waals surface area contributed by atoms with E-state index < -0.39 is 11.9 Å². The van der Waals surface area contributed by atoms with Crippen molar-refractivity contribution >= 4 is 51.2 Å². The van der Waals surface area contributed by atoms with E-state index in [2.05, 4.69) is 26.6 Å². The maximum Gasteiger partial charge on any atom is 0.316 e. The van der Waals surface area contributed by atoms with Gasteiger partial charge in [0.15, 0.2) is 6.61 Å². The van der Waals surface area contributed by atoms with Gasteiger partial charge in [0.2, 0.25) is 0 Å². The van der Waals surface area contributed by atoms with Crippen molar-refractivity contribution in [2.75, 3.05) is 24.2 Å². The van der Waals surface area contributed by atoms with Crippen LogP contribution in [-0.2, 0) is 14.3 Å². The summed E-state index contributed by atoms with van der Waals surface area (Å²) in [5.74, 6) is -1.04. The smallest absolute Gasteiger partial charge is 0.316 e. The third-order valence-electron chi connectivity index (χ3n) is 3.59. The van der Waals surface area contributed by atoms with Gasteiger partial charge in [0.05, 0.1) is 5.75 Å². The number of aryl methyl sites for hydroxylation is 1. The molecule has 0 aliphatic carbocycles. The molecule has 0 saturated heterocycles. The highest BCUT2D eigenvalue weighted by Crippen LogP contribution is 2.25. The first kappa shape index (κ1) is 22.0. The zero-order valence-corrected chi connectivity index (χ0v) is 18.0. The molecule has 0 radical (unpaired) electrons. The van der Waals surface area contributed by atoms with E-state index in [1.54, 1.807) is 24.3 Å². The van der Waals surface area contributed by atoms with E-state index in [0.29, 0.717) is 17.8 Å². The first-order valence-corrected chi connectivity index (χ1v) is 10.4. The van der Waals surface area contributed by atoms with Gasteiger partial charge in [-0.1, -0.05) is 22.0 Å². The van der Waals surface area contributed by atoms with Gasteiger partial charge >= 0.3 is 5.97 Å². The molecule has 0 unspecified atom stereocenters. The fourth-order valence-electron chi connectivity index (χ4n) is 2.30. The van der Waals surface area contributed by atoms with Crippen molar-refractivity contribution in [1.29, 1.82) is 0 Å². The second-order valence-electron chi connectivity index (χ2n) is 5.85. The standard InChI is InChI=1S/C20H21BrN2O4S/c1-3-22-20(26)14-5-4-6-16(10-14)23-18(24)11-27-19(25)12-28-17-8-7-15(21)9-13(17)2/h4-10H,3,11-12H2,1-2H3,(H,22,26)(H,23,24). The number of carbonyl (C=O) groups is 3. The van der Waals surface area contributed by atoms with E-state index in [4.69, 9.17) is 4.74 Å². The minimum absolute atomic E-state index is 0.114. The van der Waals surface area contributed by atoms with Crippen molar-refractivity contribution < 1.29 is 19.1 Å². The zero-order valence-electron chi connectivity index (χ0n) is 15.6. The molecule has 0 spiro atoms. The molecule has 0 bridgehead atoms. The molecule has 2 N–H and O–H groups in total. The fraction of sp³-hybridized carbons (Fsp3) is 0.250. The summed E-state index contributed by atoms with van der Waals surface area (Å²) in [6, 6.07) is 12.3. The van der Waals surface area contributed by atoms with E-state index in [0.717, 1.165) is 14.9 Å². The van der Waals surface area contributed by atoms with E-state index in [9.17, 15) is 14.4 Å². The molecule has 0 aromatic heterocycles. The van der Waals surface area contributed by atoms with Gasteiger partial charge in [-0.05, 0) is 55.8 Å². The van der Waals surface area contributed by atoms with Crippen molar-refractivity contribution in [3.8, 4) is 0 Å². The lowest BCUT2D eigenvalue weighted by atomic mass is 10.2. The lowest BCUT2D eigenvalue weighted by Gasteiger charge is -2.09. The third-order valence-corrected chi connectivity index (χ3v) is 5.23. The van der Waals surface area contributed by atoms with Crippen LogP contribution in [0.25, 0.3) is 0 Å². The molecule has 28 heavy (non-hydrogen) atoms. The number of benzene rings is 2. The lowest BCUT2D eigenvalue weighted by molar-refractivity contribution is -0.144. The van der Waals surface area contributed by atoms with Gasteiger partial charge in [0, 0.05) is 27.2 Å². The van der Waals surface area contributed by atoms with Crippen LogP contribution in [0.15, 0.2) is 51.8 Å². The molecule has 2 aromatic rings. The van der Waals surface area contributed by atoms with Gasteiger partial charge in [-0.2, -0.15) is 0 Å². The SMILES string of the molecule is CCNC(=O)c1cccc(NC(=O)COC(=O)CSc2ccc(Br)cc2C)c1. The number of nitrogens with one attached hydrogen (secondary N) is 2. The largest absolute Gasteiger partial charge is 0.455 e. The Kier molecular flexibility index (Phi) is 8.53. The summed E-state index contributed by atoms with van der Waals surface area (Å²) < 4.78 is 5.99. The maximum atomic E-state index is 12.0. The molecule has 0 fully saturated rings. The van der Waals surface area contributed by atoms with Gasteiger partial charge in [-0.15, -0.1) is 11.8 Å². The Hall–Kier alpha value is -2.32. The number of anilines is 1. The second kappa shape index (κ2) is 10.9. The van der Waals surface area contributed by atoms with Crippen LogP contribution < -0.4 is 10.6 Å². The molecule has 2 amide bonds. The summed E-state index contributed by atoms with van der Waals surface area (Å²) in [5, 5.41) is 5.31. The predicted molar refractivity (Wildman–Crippen MR) is 114 cm³/mol. The summed E-state index contributed by atoms with van der Waals surface area (Å²) in [6.45, 7) is 3.92. The van der Waals surface area contributed by atoms with Crippen LogP contribution in [0.5, 0.6) is 0 Å². The van der Waals surface area contributed by atoms with E-state index in [-0.39, 0.29) is 18.3 Å². The number of halogens is 1. The van der Waals surface area contributed by atoms with Gasteiger partial charge in [-0.3, -0.25) is 14.4 Å². The van der Waals surface area contributed by atoms with Crippen LogP contribution in [0.1, 0.15) is 22.8 Å². The van der Waals surface area contributed by atoms with Gasteiger partial charge in [-0.25, -0.2) is 0 Å². The maximum absolute atomic E-state index is 12.0. The topological polar surface area (TPSA) is 84.5 Å². The highest BCUT2D eigenvalue weighted by molar-refractivity contribution is 9.10. The first-order chi connectivity index (χ1) is 13.4. The number of ether oxygens (including phenoxy) is 1. The number of rotatable bonds is 8. The number of esters is 1. The molecule has 0 heterocycles. The second-order valence-corrected chi connectivity index (χ2v) is 7.78. The molecule has 0 aliphatic rings. The molecule has 0 saturated carbocycles. The predicted octanol–water partition coefficient (Wildman–Crippen LogP) is 3.78. The summed E-state index contributed by atoms with van der Waals surface area (Å²) in [7, 11) is 0. The Morgan fingerprint density at radius 3 is 2.64 bits per heavy atom. The first-order valence-electron chi connectivity index (χ1n) is 8.61. The minimum atomic E-state index is -0.474. The van der Waals surface area contributed by atoms with Gasteiger partial charge in [0.25, 0.3) is 11.8 Å². The summed E-state index contributed by atoms with van der Waals surface area (Å²) in [5.41, 5.74) is 1.96. The highest BCUT2D eigenvalue weighted by Gasteiger charge is 2.11. The molecular formula is C20H21BrN2O4S. The van der Waals surface area contributed by atoms with Gasteiger partial charge in [0.1, 0.15) is 0 Å². The van der Waals surface area contributed by atoms with Crippen LogP contribution in [0.3, 0.4) is 0 Å². The van der Waals surface area contributed by atoms with Crippen LogP contribution in [-0.4, -0.2) is 36.7 Å². The normalized spacial score (nSPS) is 10.2. The van der Waals surface area contributed by atoms with Crippen molar-refractivity contribution in [3.05, 3.63) is 58.1 Å². The van der Waals surface area contributed by atoms with Crippen molar-refractivity contribution in [2.24, 2.45) is 0 Å². The summed E-state index contributed by atoms with van der Waals surface area (Å²) >= 11 is 4.75. The number of carbonyl (C=O) groups excluding carboxylic acids is 3. The highest BCUT2D eigenvalue weighted by atomic mass is 79.9. The Labute approximate surface area is 176 Å². The average Bonchev–Trinajstić information content (AvgIpc) is 2.66. The molecule has 0 atom stereocenters. The Morgan fingerprint density at radius 1 is 1.14 bits per heavy atom. The summed E-state index contributed by atoms with van der Waals surface area (Å²) in [6.07, 6.45) is 0. The number of amides is 2.